The molecule has 0 radical (unpaired) electrons. The number of rotatable bonds is 9. The van der Waals surface area contributed by atoms with Crippen molar-refractivity contribution in [1.29, 1.82) is 0 Å². The smallest absolute Gasteiger partial charge is 0.254 e. The van der Waals surface area contributed by atoms with Gasteiger partial charge in [0.25, 0.3) is 5.91 Å². The number of carbonyl (C=O) groups excluding carboxylic acids is 1. The van der Waals surface area contributed by atoms with Gasteiger partial charge in [-0.05, 0) is 68.9 Å². The van der Waals surface area contributed by atoms with Gasteiger partial charge in [-0.15, -0.1) is 0 Å². The Morgan fingerprint density at radius 1 is 1.13 bits per heavy atom. The van der Waals surface area contributed by atoms with Gasteiger partial charge in [-0.25, -0.2) is 9.37 Å². The second-order valence-corrected chi connectivity index (χ2v) is 11.7. The molecule has 2 aliphatic rings. The summed E-state index contributed by atoms with van der Waals surface area (Å²) >= 11 is 0. The second-order valence-electron chi connectivity index (χ2n) is 11.7. The molecule has 0 N–H and O–H groups in total. The summed E-state index contributed by atoms with van der Waals surface area (Å²) in [5.41, 5.74) is 4.13. The zero-order valence-electron chi connectivity index (χ0n) is 24.0. The van der Waals surface area contributed by atoms with E-state index in [0.717, 1.165) is 48.4 Å². The van der Waals surface area contributed by atoms with E-state index in [1.165, 1.54) is 17.7 Å². The van der Waals surface area contributed by atoms with Crippen molar-refractivity contribution in [2.45, 2.75) is 71.8 Å². The van der Waals surface area contributed by atoms with Gasteiger partial charge in [-0.2, -0.15) is 0 Å². The molecule has 2 aliphatic heterocycles. The van der Waals surface area contributed by atoms with Crippen molar-refractivity contribution < 1.29 is 18.7 Å². The summed E-state index contributed by atoms with van der Waals surface area (Å²) in [4.78, 5) is 22.2. The second kappa shape index (κ2) is 11.4. The normalized spacial score (nSPS) is 17.9. The number of benzene rings is 1. The molecule has 0 aliphatic carbocycles. The number of fused-ring (bicyclic) bond motifs is 1. The number of carbonyl (C=O) groups is 1. The van der Waals surface area contributed by atoms with Crippen LogP contribution in [0.2, 0.25) is 0 Å². The molecule has 2 fully saturated rings. The predicted octanol–water partition coefficient (Wildman–Crippen LogP) is 5.51. The Morgan fingerprint density at radius 3 is 2.51 bits per heavy atom. The summed E-state index contributed by atoms with van der Waals surface area (Å²) in [6.07, 6.45) is 5.91. The minimum absolute atomic E-state index is 0.00108. The molecule has 0 bridgehead atoms. The van der Waals surface area contributed by atoms with Gasteiger partial charge < -0.3 is 18.8 Å². The number of hydrogen-bond acceptors (Lipinski definition) is 5. The van der Waals surface area contributed by atoms with Crippen LogP contribution in [0.15, 0.2) is 36.7 Å². The first-order chi connectivity index (χ1) is 18.6. The van der Waals surface area contributed by atoms with Crippen molar-refractivity contribution in [2.75, 3.05) is 33.4 Å². The highest BCUT2D eigenvalue weighted by atomic mass is 19.1. The number of aromatic nitrogens is 2. The van der Waals surface area contributed by atoms with E-state index in [0.29, 0.717) is 36.7 Å². The molecule has 3 aromatic rings. The van der Waals surface area contributed by atoms with Crippen LogP contribution in [-0.4, -0.2) is 76.8 Å². The fourth-order valence-corrected chi connectivity index (χ4v) is 5.85. The zero-order chi connectivity index (χ0) is 27.8. The maximum Gasteiger partial charge on any atom is 0.254 e. The minimum Gasteiger partial charge on any atom is -0.350 e. The number of pyridine rings is 1. The first-order valence-electron chi connectivity index (χ1n) is 14.2. The molecule has 0 unspecified atom stereocenters. The maximum absolute atomic E-state index is 14.4. The summed E-state index contributed by atoms with van der Waals surface area (Å²) in [6, 6.07) is 7.18. The number of ether oxygens (including phenoxy) is 2. The predicted molar refractivity (Wildman–Crippen MR) is 150 cm³/mol. The van der Waals surface area contributed by atoms with Crippen molar-refractivity contribution in [1.82, 2.24) is 19.2 Å². The molecular weight excluding hydrogens is 495 g/mol. The van der Waals surface area contributed by atoms with E-state index >= 15 is 0 Å². The number of aryl methyl sites for hydroxylation is 1. The molecule has 7 nitrogen and oxygen atoms in total. The summed E-state index contributed by atoms with van der Waals surface area (Å²) in [6.45, 7) is 13.8. The molecule has 210 valence electrons. The molecule has 1 amide bonds. The van der Waals surface area contributed by atoms with Crippen LogP contribution in [0.5, 0.6) is 0 Å². The van der Waals surface area contributed by atoms with Gasteiger partial charge in [0.15, 0.2) is 6.29 Å². The lowest BCUT2D eigenvalue weighted by Crippen LogP contribution is -2.52. The van der Waals surface area contributed by atoms with Crippen molar-refractivity contribution in [2.24, 2.45) is 5.92 Å². The molecule has 2 saturated heterocycles. The minimum atomic E-state index is -0.418. The molecule has 39 heavy (non-hydrogen) atoms. The quantitative estimate of drug-likeness (QED) is 0.361. The fourth-order valence-electron chi connectivity index (χ4n) is 5.85. The van der Waals surface area contributed by atoms with Crippen LogP contribution >= 0.6 is 0 Å². The third kappa shape index (κ3) is 5.60. The summed E-state index contributed by atoms with van der Waals surface area (Å²) < 4.78 is 27.8. The lowest BCUT2D eigenvalue weighted by atomic mass is 9.85. The lowest BCUT2D eigenvalue weighted by molar-refractivity contribution is -0.0564. The SMILES string of the molecule is Cc1ncc2c(-c3ccc(F)cc3C(=O)N(C)C(C)C)cc(C3CN([C@H](CCC4OCCO4)C(C)C)C3)cn12. The average molecular weight is 537 g/mol. The summed E-state index contributed by atoms with van der Waals surface area (Å²) in [5.74, 6) is 1.18. The van der Waals surface area contributed by atoms with Crippen molar-refractivity contribution in [3.63, 3.8) is 0 Å². The highest BCUT2D eigenvalue weighted by molar-refractivity contribution is 6.02. The number of imidazole rings is 1. The third-order valence-electron chi connectivity index (χ3n) is 8.45. The van der Waals surface area contributed by atoms with Crippen molar-refractivity contribution >= 4 is 11.4 Å². The van der Waals surface area contributed by atoms with E-state index in [-0.39, 0.29) is 18.2 Å². The van der Waals surface area contributed by atoms with Crippen molar-refractivity contribution in [3.05, 3.63) is 59.4 Å². The van der Waals surface area contributed by atoms with E-state index in [1.807, 2.05) is 27.0 Å². The van der Waals surface area contributed by atoms with E-state index in [4.69, 9.17) is 9.47 Å². The standard InChI is InChI=1S/C31H41FN4O3/c1-19(2)28(9-10-30-38-11-12-39-30)35-16-23(17-35)22-13-26(29-15-33-21(5)36(29)18-22)25-8-7-24(32)14-27(25)31(37)34(6)20(3)4/h7-8,13-15,18-20,23,28,30H,9-12,16-17H2,1-6H3/t28-/m1/s1. The van der Waals surface area contributed by atoms with Crippen LogP contribution in [0.4, 0.5) is 4.39 Å². The molecule has 5 rings (SSSR count). The van der Waals surface area contributed by atoms with Gasteiger partial charge in [0.05, 0.1) is 30.5 Å². The van der Waals surface area contributed by atoms with Gasteiger partial charge in [0.1, 0.15) is 11.6 Å². The van der Waals surface area contributed by atoms with Crippen LogP contribution in [0.3, 0.4) is 0 Å². The number of nitrogens with zero attached hydrogens (tertiary/aromatic N) is 4. The van der Waals surface area contributed by atoms with E-state index in [9.17, 15) is 9.18 Å². The third-order valence-corrected chi connectivity index (χ3v) is 8.45. The zero-order valence-corrected chi connectivity index (χ0v) is 24.0. The number of likely N-dealkylation sites (tertiary alicyclic amines) is 1. The van der Waals surface area contributed by atoms with E-state index in [2.05, 4.69) is 40.4 Å². The van der Waals surface area contributed by atoms with Crippen molar-refractivity contribution in [3.8, 4) is 11.1 Å². The summed E-state index contributed by atoms with van der Waals surface area (Å²) in [7, 11) is 1.76. The lowest BCUT2D eigenvalue weighted by Gasteiger charge is -2.46. The molecule has 8 heteroatoms. The molecule has 0 spiro atoms. The van der Waals surface area contributed by atoms with Crippen LogP contribution < -0.4 is 0 Å². The molecule has 2 aromatic heterocycles. The van der Waals surface area contributed by atoms with Gasteiger partial charge in [0, 0.05) is 49.9 Å². The maximum atomic E-state index is 14.4. The van der Waals surface area contributed by atoms with Gasteiger partial charge >= 0.3 is 0 Å². The van der Waals surface area contributed by atoms with Crippen LogP contribution in [0.25, 0.3) is 16.6 Å². The van der Waals surface area contributed by atoms with Gasteiger partial charge in [-0.1, -0.05) is 19.9 Å². The van der Waals surface area contributed by atoms with E-state index in [1.54, 1.807) is 18.0 Å². The fraction of sp³-hybridized carbons (Fsp3) is 0.548. The number of hydrogen-bond donors (Lipinski definition) is 0. The molecule has 4 heterocycles. The van der Waals surface area contributed by atoms with E-state index < -0.39 is 5.82 Å². The highest BCUT2D eigenvalue weighted by Gasteiger charge is 2.36. The number of amides is 1. The molecular formula is C31H41FN4O3. The van der Waals surface area contributed by atoms with Gasteiger partial charge in [-0.3, -0.25) is 9.69 Å². The molecule has 1 aromatic carbocycles. The Hall–Kier alpha value is -2.81. The summed E-state index contributed by atoms with van der Waals surface area (Å²) in [5, 5.41) is 0. The Bertz CT molecular complexity index is 1320. The van der Waals surface area contributed by atoms with Crippen LogP contribution in [0, 0.1) is 18.7 Å². The first-order valence-corrected chi connectivity index (χ1v) is 14.2. The van der Waals surface area contributed by atoms with Gasteiger partial charge in [0.2, 0.25) is 0 Å². The Labute approximate surface area is 230 Å². The number of halogens is 1. The monoisotopic (exact) mass is 536 g/mol. The Kier molecular flexibility index (Phi) is 8.08. The topological polar surface area (TPSA) is 59.3 Å². The van der Waals surface area contributed by atoms with Crippen LogP contribution in [0.1, 0.15) is 68.2 Å². The molecule has 1 atom stereocenters. The molecule has 0 saturated carbocycles. The largest absolute Gasteiger partial charge is 0.350 e. The first kappa shape index (κ1) is 27.7. The van der Waals surface area contributed by atoms with Crippen LogP contribution in [-0.2, 0) is 9.47 Å². The Balaban J connectivity index is 1.44. The highest BCUT2D eigenvalue weighted by Crippen LogP contribution is 2.37. The average Bonchev–Trinajstić information content (AvgIpc) is 3.53. The Morgan fingerprint density at radius 2 is 1.85 bits per heavy atom.